The van der Waals surface area contributed by atoms with E-state index in [4.69, 9.17) is 11.6 Å². The lowest BCUT2D eigenvalue weighted by molar-refractivity contribution is -0.119. The van der Waals surface area contributed by atoms with Gasteiger partial charge in [0.05, 0.1) is 17.0 Å². The standard InChI is InChI=1S/C18H18ClN3O2S2/c1-3-11(2)20-15(23)10-26-18-21-14-8-9-25-16(14)17(24)22(18)13-6-4-12(19)5-7-13/h4-9,11H,3,10H2,1-2H3,(H,20,23)/t11-/m1/s1. The molecule has 0 radical (unpaired) electrons. The lowest BCUT2D eigenvalue weighted by Gasteiger charge is -2.13. The fourth-order valence-corrected chi connectivity index (χ4v) is 4.06. The molecule has 0 bridgehead atoms. The quantitative estimate of drug-likeness (QED) is 0.493. The highest BCUT2D eigenvalue weighted by Gasteiger charge is 2.16. The monoisotopic (exact) mass is 407 g/mol. The minimum atomic E-state index is -0.142. The van der Waals surface area contributed by atoms with Crippen molar-refractivity contribution in [2.75, 3.05) is 5.75 Å². The fraction of sp³-hybridized carbons (Fsp3) is 0.278. The van der Waals surface area contributed by atoms with Crippen LogP contribution in [0, 0.1) is 0 Å². The molecule has 0 aliphatic carbocycles. The molecule has 8 heteroatoms. The number of hydrogen-bond acceptors (Lipinski definition) is 5. The summed E-state index contributed by atoms with van der Waals surface area (Å²) < 4.78 is 2.13. The number of carbonyl (C=O) groups is 1. The van der Waals surface area contributed by atoms with Crippen molar-refractivity contribution < 1.29 is 4.79 Å². The predicted molar refractivity (Wildman–Crippen MR) is 109 cm³/mol. The molecule has 3 rings (SSSR count). The van der Waals surface area contributed by atoms with E-state index in [1.54, 1.807) is 24.3 Å². The van der Waals surface area contributed by atoms with Gasteiger partial charge in [0.15, 0.2) is 5.16 Å². The number of nitrogens with zero attached hydrogens (tertiary/aromatic N) is 2. The zero-order chi connectivity index (χ0) is 18.7. The first kappa shape index (κ1) is 18.9. The summed E-state index contributed by atoms with van der Waals surface area (Å²) in [6, 6.07) is 8.94. The zero-order valence-electron chi connectivity index (χ0n) is 14.4. The van der Waals surface area contributed by atoms with E-state index in [9.17, 15) is 9.59 Å². The maximum atomic E-state index is 13.0. The second kappa shape index (κ2) is 8.24. The zero-order valence-corrected chi connectivity index (χ0v) is 16.7. The van der Waals surface area contributed by atoms with E-state index < -0.39 is 0 Å². The minimum absolute atomic E-state index is 0.0772. The summed E-state index contributed by atoms with van der Waals surface area (Å²) in [5.74, 6) is 0.117. The maximum absolute atomic E-state index is 13.0. The van der Waals surface area contributed by atoms with E-state index in [2.05, 4.69) is 10.3 Å². The molecular formula is C18H18ClN3O2S2. The molecule has 1 N–H and O–H groups in total. The van der Waals surface area contributed by atoms with Crippen LogP contribution in [0.5, 0.6) is 0 Å². The Hall–Kier alpha value is -1.83. The van der Waals surface area contributed by atoms with Gasteiger partial charge in [-0.05, 0) is 49.1 Å². The number of halogens is 1. The molecule has 0 fully saturated rings. The molecule has 26 heavy (non-hydrogen) atoms. The Balaban J connectivity index is 1.97. The second-order valence-corrected chi connectivity index (χ2v) is 8.11. The Bertz CT molecular complexity index is 982. The van der Waals surface area contributed by atoms with E-state index in [1.807, 2.05) is 25.3 Å². The first-order chi connectivity index (χ1) is 12.5. The van der Waals surface area contributed by atoms with Crippen molar-refractivity contribution in [3.05, 3.63) is 51.1 Å². The smallest absolute Gasteiger partial charge is 0.276 e. The second-order valence-electron chi connectivity index (χ2n) is 5.81. The maximum Gasteiger partial charge on any atom is 0.276 e. The molecule has 0 aliphatic rings. The molecular weight excluding hydrogens is 390 g/mol. The number of aromatic nitrogens is 2. The molecule has 0 unspecified atom stereocenters. The number of amides is 1. The van der Waals surface area contributed by atoms with Crippen LogP contribution in [0.2, 0.25) is 5.02 Å². The van der Waals surface area contributed by atoms with E-state index in [0.29, 0.717) is 26.1 Å². The Kier molecular flexibility index (Phi) is 6.01. The van der Waals surface area contributed by atoms with Crippen molar-refractivity contribution in [1.82, 2.24) is 14.9 Å². The van der Waals surface area contributed by atoms with E-state index >= 15 is 0 Å². The van der Waals surface area contributed by atoms with Crippen LogP contribution in [0.25, 0.3) is 15.9 Å². The van der Waals surface area contributed by atoms with Crippen molar-refractivity contribution in [1.29, 1.82) is 0 Å². The number of fused-ring (bicyclic) bond motifs is 1. The third-order valence-corrected chi connectivity index (χ3v) is 5.97. The summed E-state index contributed by atoms with van der Waals surface area (Å²) in [4.78, 5) is 29.7. The number of thiophene rings is 1. The average Bonchev–Trinajstić information content (AvgIpc) is 3.10. The Morgan fingerprint density at radius 1 is 1.35 bits per heavy atom. The van der Waals surface area contributed by atoms with Gasteiger partial charge in [-0.25, -0.2) is 4.98 Å². The lowest BCUT2D eigenvalue weighted by Crippen LogP contribution is -2.33. The summed E-state index contributed by atoms with van der Waals surface area (Å²) in [5, 5.41) is 5.85. The lowest BCUT2D eigenvalue weighted by atomic mass is 10.3. The molecule has 3 aromatic rings. The molecule has 2 heterocycles. The van der Waals surface area contributed by atoms with Crippen molar-refractivity contribution in [3.63, 3.8) is 0 Å². The van der Waals surface area contributed by atoms with E-state index in [0.717, 1.165) is 6.42 Å². The van der Waals surface area contributed by atoms with Gasteiger partial charge in [-0.1, -0.05) is 30.3 Å². The van der Waals surface area contributed by atoms with Crippen LogP contribution in [0.3, 0.4) is 0 Å². The Morgan fingerprint density at radius 3 is 2.77 bits per heavy atom. The molecule has 136 valence electrons. The van der Waals surface area contributed by atoms with Crippen LogP contribution < -0.4 is 10.9 Å². The predicted octanol–water partition coefficient (Wildman–Crippen LogP) is 4.11. The van der Waals surface area contributed by atoms with Crippen molar-refractivity contribution in [2.45, 2.75) is 31.5 Å². The summed E-state index contributed by atoms with van der Waals surface area (Å²) in [5.41, 5.74) is 1.18. The number of rotatable bonds is 6. The highest BCUT2D eigenvalue weighted by atomic mass is 35.5. The molecule has 0 aliphatic heterocycles. The third kappa shape index (κ3) is 4.11. The Morgan fingerprint density at radius 2 is 2.08 bits per heavy atom. The molecule has 0 saturated heterocycles. The summed E-state index contributed by atoms with van der Waals surface area (Å²) in [6.45, 7) is 3.98. The fourth-order valence-electron chi connectivity index (χ4n) is 2.36. The van der Waals surface area contributed by atoms with Crippen LogP contribution in [0.15, 0.2) is 45.7 Å². The Labute approximate surface area is 164 Å². The minimum Gasteiger partial charge on any atom is -0.353 e. The van der Waals surface area contributed by atoms with E-state index in [-0.39, 0.29) is 23.3 Å². The van der Waals surface area contributed by atoms with Crippen LogP contribution in [0.1, 0.15) is 20.3 Å². The molecule has 1 aromatic carbocycles. The summed E-state index contributed by atoms with van der Waals surface area (Å²) in [6.07, 6.45) is 0.866. The SMILES string of the molecule is CC[C@@H](C)NC(=O)CSc1nc2ccsc2c(=O)n1-c1ccc(Cl)cc1. The van der Waals surface area contributed by atoms with Gasteiger partial charge < -0.3 is 5.32 Å². The number of thioether (sulfide) groups is 1. The topological polar surface area (TPSA) is 64.0 Å². The van der Waals surface area contributed by atoms with Gasteiger partial charge in [-0.2, -0.15) is 0 Å². The largest absolute Gasteiger partial charge is 0.353 e. The molecule has 0 spiro atoms. The molecule has 0 saturated carbocycles. The molecule has 1 amide bonds. The van der Waals surface area contributed by atoms with Crippen molar-refractivity contribution >= 4 is 50.8 Å². The van der Waals surface area contributed by atoms with Gasteiger partial charge in [0.25, 0.3) is 5.56 Å². The van der Waals surface area contributed by atoms with E-state index in [1.165, 1.54) is 27.7 Å². The molecule has 1 atom stereocenters. The normalized spacial score (nSPS) is 12.3. The number of carbonyl (C=O) groups excluding carboxylic acids is 1. The van der Waals surface area contributed by atoms with Crippen LogP contribution in [-0.2, 0) is 4.79 Å². The summed E-state index contributed by atoms with van der Waals surface area (Å²) in [7, 11) is 0. The van der Waals surface area contributed by atoms with Crippen LogP contribution >= 0.6 is 34.7 Å². The number of hydrogen-bond donors (Lipinski definition) is 1. The first-order valence-electron chi connectivity index (χ1n) is 8.18. The van der Waals surface area contributed by atoms with Crippen molar-refractivity contribution in [2.24, 2.45) is 0 Å². The first-order valence-corrected chi connectivity index (χ1v) is 10.4. The van der Waals surface area contributed by atoms with Gasteiger partial charge in [0.1, 0.15) is 4.70 Å². The van der Waals surface area contributed by atoms with Gasteiger partial charge in [-0.3, -0.25) is 14.2 Å². The van der Waals surface area contributed by atoms with Crippen LogP contribution in [0.4, 0.5) is 0 Å². The molecule has 2 aromatic heterocycles. The van der Waals surface area contributed by atoms with Gasteiger partial charge in [0, 0.05) is 11.1 Å². The number of benzene rings is 1. The third-order valence-electron chi connectivity index (χ3n) is 3.89. The highest BCUT2D eigenvalue weighted by molar-refractivity contribution is 7.99. The van der Waals surface area contributed by atoms with Crippen molar-refractivity contribution in [3.8, 4) is 5.69 Å². The van der Waals surface area contributed by atoms with Gasteiger partial charge in [0.2, 0.25) is 5.91 Å². The van der Waals surface area contributed by atoms with Gasteiger partial charge in [-0.15, -0.1) is 11.3 Å². The van der Waals surface area contributed by atoms with Crippen LogP contribution in [-0.4, -0.2) is 27.3 Å². The number of nitrogens with one attached hydrogen (secondary N) is 1. The van der Waals surface area contributed by atoms with Gasteiger partial charge >= 0.3 is 0 Å². The highest BCUT2D eigenvalue weighted by Crippen LogP contribution is 2.24. The molecule has 5 nitrogen and oxygen atoms in total. The average molecular weight is 408 g/mol. The summed E-state index contributed by atoms with van der Waals surface area (Å²) >= 11 is 8.57.